The Kier molecular flexibility index (Phi) is 5.61. The summed E-state index contributed by atoms with van der Waals surface area (Å²) in [6.07, 6.45) is 1.54. The Labute approximate surface area is 156 Å². The van der Waals surface area contributed by atoms with Gasteiger partial charge in [-0.05, 0) is 62.4 Å². The highest BCUT2D eigenvalue weighted by Crippen LogP contribution is 2.18. The van der Waals surface area contributed by atoms with Gasteiger partial charge in [-0.2, -0.15) is 0 Å². The molecule has 0 spiro atoms. The van der Waals surface area contributed by atoms with E-state index in [2.05, 4.69) is 20.6 Å². The van der Waals surface area contributed by atoms with Crippen molar-refractivity contribution in [3.63, 3.8) is 0 Å². The normalized spacial score (nSPS) is 10.5. The van der Waals surface area contributed by atoms with Crippen LogP contribution in [-0.4, -0.2) is 22.0 Å². The molecule has 0 saturated heterocycles. The van der Waals surface area contributed by atoms with E-state index in [9.17, 15) is 9.18 Å². The molecule has 27 heavy (non-hydrogen) atoms. The number of hydrogen-bond donors (Lipinski definition) is 2. The summed E-state index contributed by atoms with van der Waals surface area (Å²) < 4.78 is 18.8. The van der Waals surface area contributed by atoms with Gasteiger partial charge >= 0.3 is 0 Å². The number of amides is 1. The van der Waals surface area contributed by atoms with Crippen LogP contribution >= 0.6 is 0 Å². The van der Waals surface area contributed by atoms with Gasteiger partial charge in [-0.15, -0.1) is 0 Å². The lowest BCUT2D eigenvalue weighted by atomic mass is 10.3. The van der Waals surface area contributed by atoms with Crippen molar-refractivity contribution in [2.45, 2.75) is 20.0 Å². The van der Waals surface area contributed by atoms with Crippen LogP contribution in [0.5, 0.6) is 5.75 Å². The first-order valence-corrected chi connectivity index (χ1v) is 8.43. The molecular weight excluding hydrogens is 347 g/mol. The van der Waals surface area contributed by atoms with Crippen LogP contribution in [0.4, 0.5) is 21.7 Å². The van der Waals surface area contributed by atoms with E-state index in [4.69, 9.17) is 4.74 Å². The fourth-order valence-electron chi connectivity index (χ4n) is 2.32. The summed E-state index contributed by atoms with van der Waals surface area (Å²) in [6, 6.07) is 14.5. The summed E-state index contributed by atoms with van der Waals surface area (Å²) in [5.74, 6) is 0.177. The summed E-state index contributed by atoms with van der Waals surface area (Å²) >= 11 is 0. The molecular formula is C20H19FN4O2. The van der Waals surface area contributed by atoms with E-state index in [1.54, 1.807) is 36.4 Å². The van der Waals surface area contributed by atoms with Gasteiger partial charge in [-0.25, -0.2) is 14.4 Å². The minimum atomic E-state index is -0.378. The molecule has 1 amide bonds. The molecule has 2 N–H and O–H groups in total. The number of ether oxygens (including phenoxy) is 1. The second-order valence-electron chi connectivity index (χ2n) is 6.05. The Hall–Kier alpha value is -3.48. The maximum atomic E-state index is 13.3. The summed E-state index contributed by atoms with van der Waals surface area (Å²) in [6.45, 7) is 3.89. The van der Waals surface area contributed by atoms with Crippen LogP contribution in [0.25, 0.3) is 0 Å². The molecule has 0 atom stereocenters. The van der Waals surface area contributed by atoms with E-state index in [1.807, 2.05) is 13.8 Å². The number of halogens is 1. The van der Waals surface area contributed by atoms with E-state index < -0.39 is 0 Å². The van der Waals surface area contributed by atoms with Crippen LogP contribution in [0, 0.1) is 5.82 Å². The molecule has 6 nitrogen and oxygen atoms in total. The van der Waals surface area contributed by atoms with Crippen molar-refractivity contribution >= 4 is 23.2 Å². The van der Waals surface area contributed by atoms with Gasteiger partial charge < -0.3 is 15.4 Å². The largest absolute Gasteiger partial charge is 0.491 e. The number of carbonyl (C=O) groups is 1. The zero-order valence-corrected chi connectivity index (χ0v) is 14.9. The van der Waals surface area contributed by atoms with E-state index >= 15 is 0 Å². The predicted molar refractivity (Wildman–Crippen MR) is 102 cm³/mol. The first-order chi connectivity index (χ1) is 13.0. The average Bonchev–Trinajstić information content (AvgIpc) is 2.63. The summed E-state index contributed by atoms with van der Waals surface area (Å²) in [5, 5.41) is 5.64. The van der Waals surface area contributed by atoms with E-state index in [1.165, 1.54) is 24.4 Å². The van der Waals surface area contributed by atoms with Gasteiger partial charge in [0.2, 0.25) is 5.95 Å². The highest BCUT2D eigenvalue weighted by atomic mass is 19.1. The molecule has 0 saturated carbocycles. The lowest BCUT2D eigenvalue weighted by molar-refractivity contribution is 0.102. The number of anilines is 3. The van der Waals surface area contributed by atoms with Crippen LogP contribution < -0.4 is 15.4 Å². The molecule has 2 aromatic carbocycles. The molecule has 138 valence electrons. The minimum absolute atomic E-state index is 0.0791. The highest BCUT2D eigenvalue weighted by molar-refractivity contribution is 6.03. The Morgan fingerprint density at radius 2 is 1.85 bits per heavy atom. The molecule has 3 rings (SSSR count). The van der Waals surface area contributed by atoms with Crippen LogP contribution in [-0.2, 0) is 0 Å². The third-order valence-electron chi connectivity index (χ3n) is 3.45. The minimum Gasteiger partial charge on any atom is -0.491 e. The fourth-order valence-corrected chi connectivity index (χ4v) is 2.32. The van der Waals surface area contributed by atoms with Gasteiger partial charge in [-0.1, -0.05) is 6.07 Å². The third kappa shape index (κ3) is 5.24. The molecule has 1 heterocycles. The van der Waals surface area contributed by atoms with Gasteiger partial charge in [0, 0.05) is 17.6 Å². The maximum Gasteiger partial charge on any atom is 0.274 e. The zero-order valence-electron chi connectivity index (χ0n) is 14.9. The molecule has 7 heteroatoms. The summed E-state index contributed by atoms with van der Waals surface area (Å²) in [4.78, 5) is 20.6. The maximum absolute atomic E-state index is 13.3. The number of hydrogen-bond acceptors (Lipinski definition) is 5. The number of nitrogens with zero attached hydrogens (tertiary/aromatic N) is 2. The highest BCUT2D eigenvalue weighted by Gasteiger charge is 2.10. The van der Waals surface area contributed by atoms with Crippen molar-refractivity contribution in [1.29, 1.82) is 0 Å². The van der Waals surface area contributed by atoms with Gasteiger partial charge in [0.15, 0.2) is 0 Å². The van der Waals surface area contributed by atoms with Crippen LogP contribution in [0.2, 0.25) is 0 Å². The second kappa shape index (κ2) is 8.27. The molecule has 3 aromatic rings. The topological polar surface area (TPSA) is 76.1 Å². The van der Waals surface area contributed by atoms with Crippen molar-refractivity contribution in [3.8, 4) is 5.75 Å². The molecule has 1 aromatic heterocycles. The number of nitrogens with one attached hydrogen (secondary N) is 2. The number of benzene rings is 2. The quantitative estimate of drug-likeness (QED) is 0.676. The molecule has 0 fully saturated rings. The monoisotopic (exact) mass is 366 g/mol. The van der Waals surface area contributed by atoms with Crippen LogP contribution in [0.15, 0.2) is 60.8 Å². The molecule has 0 radical (unpaired) electrons. The summed E-state index contributed by atoms with van der Waals surface area (Å²) in [5.41, 5.74) is 1.30. The smallest absolute Gasteiger partial charge is 0.274 e. The summed E-state index contributed by atoms with van der Waals surface area (Å²) in [7, 11) is 0. The lowest BCUT2D eigenvalue weighted by Crippen LogP contribution is -2.14. The number of aromatic nitrogens is 2. The third-order valence-corrected chi connectivity index (χ3v) is 3.45. The van der Waals surface area contributed by atoms with Crippen molar-refractivity contribution in [3.05, 3.63) is 72.3 Å². The Morgan fingerprint density at radius 1 is 1.07 bits per heavy atom. The van der Waals surface area contributed by atoms with Crippen molar-refractivity contribution in [2.24, 2.45) is 0 Å². The van der Waals surface area contributed by atoms with Crippen LogP contribution in [0.3, 0.4) is 0 Å². The molecule has 0 aliphatic rings. The SMILES string of the molecule is CC(C)Oc1ccc(NC(=O)c2ccnc(Nc3cccc(F)c3)n2)cc1. The van der Waals surface area contributed by atoms with Gasteiger partial charge in [0.1, 0.15) is 17.3 Å². The van der Waals surface area contributed by atoms with Crippen molar-refractivity contribution < 1.29 is 13.9 Å². The van der Waals surface area contributed by atoms with Crippen molar-refractivity contribution in [1.82, 2.24) is 9.97 Å². The Morgan fingerprint density at radius 3 is 2.56 bits per heavy atom. The number of carbonyl (C=O) groups excluding carboxylic acids is 1. The first-order valence-electron chi connectivity index (χ1n) is 8.43. The van der Waals surface area contributed by atoms with E-state index in [0.29, 0.717) is 11.4 Å². The predicted octanol–water partition coefficient (Wildman–Crippen LogP) is 4.40. The molecule has 0 bridgehead atoms. The fraction of sp³-hybridized carbons (Fsp3) is 0.150. The zero-order chi connectivity index (χ0) is 19.2. The van der Waals surface area contributed by atoms with E-state index in [0.717, 1.165) is 5.75 Å². The second-order valence-corrected chi connectivity index (χ2v) is 6.05. The van der Waals surface area contributed by atoms with Gasteiger partial charge in [-0.3, -0.25) is 4.79 Å². The standard InChI is InChI=1S/C20H19FN4O2/c1-13(2)27-17-8-6-15(7-9-17)23-19(26)18-10-11-22-20(25-18)24-16-5-3-4-14(21)12-16/h3-13H,1-2H3,(H,23,26)(H,22,24,25). The number of rotatable bonds is 6. The lowest BCUT2D eigenvalue weighted by Gasteiger charge is -2.11. The van der Waals surface area contributed by atoms with E-state index in [-0.39, 0.29) is 29.5 Å². The first kappa shape index (κ1) is 18.3. The Balaban J connectivity index is 1.68. The van der Waals surface area contributed by atoms with Crippen molar-refractivity contribution in [2.75, 3.05) is 10.6 Å². The van der Waals surface area contributed by atoms with Gasteiger partial charge in [0.05, 0.1) is 6.10 Å². The molecule has 0 unspecified atom stereocenters. The molecule has 0 aliphatic heterocycles. The molecule has 0 aliphatic carbocycles. The Bertz CT molecular complexity index is 929. The van der Waals surface area contributed by atoms with Gasteiger partial charge in [0.25, 0.3) is 5.91 Å². The average molecular weight is 366 g/mol. The van der Waals surface area contributed by atoms with Crippen LogP contribution in [0.1, 0.15) is 24.3 Å².